The lowest BCUT2D eigenvalue weighted by Gasteiger charge is -2.17. The first-order chi connectivity index (χ1) is 13.1. The molecule has 0 radical (unpaired) electrons. The number of benzene rings is 2. The Morgan fingerprint density at radius 3 is 2.56 bits per heavy atom. The number of ether oxygens (including phenoxy) is 1. The predicted octanol–water partition coefficient (Wildman–Crippen LogP) is 4.58. The fraction of sp³-hybridized carbons (Fsp3) is 0.238. The molecule has 1 aromatic heterocycles. The zero-order valence-electron chi connectivity index (χ0n) is 15.2. The molecule has 140 valence electrons. The van der Waals surface area contributed by atoms with E-state index in [0.717, 1.165) is 12.0 Å². The third-order valence-electron chi connectivity index (χ3n) is 4.31. The molecule has 1 N–H and O–H groups in total. The summed E-state index contributed by atoms with van der Waals surface area (Å²) in [5.41, 5.74) is 1.79. The van der Waals surface area contributed by atoms with Crippen molar-refractivity contribution in [1.29, 1.82) is 0 Å². The monoisotopic (exact) mass is 368 g/mol. The largest absolute Gasteiger partial charge is 0.489 e. The standard InChI is InChI=1S/C21H21FN2O3/c1-3-19(15-7-5-4-6-8-15)23-21(25)20-18(14(2)27-24-20)13-26-17-11-9-16(22)10-12-17/h4-12,19H,3,13H2,1-2H3,(H,23,25). The van der Waals surface area contributed by atoms with Gasteiger partial charge in [-0.15, -0.1) is 0 Å². The van der Waals surface area contributed by atoms with Gasteiger partial charge < -0.3 is 14.6 Å². The number of nitrogens with one attached hydrogen (secondary N) is 1. The van der Waals surface area contributed by atoms with Crippen LogP contribution in [0.5, 0.6) is 5.75 Å². The van der Waals surface area contributed by atoms with Crippen molar-refractivity contribution in [2.75, 3.05) is 0 Å². The second-order valence-corrected chi connectivity index (χ2v) is 6.15. The van der Waals surface area contributed by atoms with Gasteiger partial charge in [0.15, 0.2) is 5.69 Å². The van der Waals surface area contributed by atoms with Crippen LogP contribution in [-0.2, 0) is 6.61 Å². The molecule has 2 aromatic carbocycles. The van der Waals surface area contributed by atoms with Crippen molar-refractivity contribution < 1.29 is 18.4 Å². The van der Waals surface area contributed by atoms with Gasteiger partial charge in [-0.1, -0.05) is 42.4 Å². The smallest absolute Gasteiger partial charge is 0.274 e. The summed E-state index contributed by atoms with van der Waals surface area (Å²) in [6.07, 6.45) is 0.744. The van der Waals surface area contributed by atoms with Gasteiger partial charge in [0, 0.05) is 0 Å². The highest BCUT2D eigenvalue weighted by atomic mass is 19.1. The summed E-state index contributed by atoms with van der Waals surface area (Å²) in [5.74, 6) is 0.351. The Bertz CT molecular complexity index is 892. The molecule has 3 rings (SSSR count). The Morgan fingerprint density at radius 1 is 1.19 bits per heavy atom. The Labute approximate surface area is 157 Å². The maximum atomic E-state index is 13.0. The molecule has 5 nitrogen and oxygen atoms in total. The fourth-order valence-electron chi connectivity index (χ4n) is 2.76. The molecule has 0 aliphatic rings. The number of aryl methyl sites for hydroxylation is 1. The highest BCUT2D eigenvalue weighted by Gasteiger charge is 2.23. The van der Waals surface area contributed by atoms with Crippen LogP contribution in [0.4, 0.5) is 4.39 Å². The average molecular weight is 368 g/mol. The van der Waals surface area contributed by atoms with Crippen LogP contribution in [0.1, 0.15) is 46.8 Å². The van der Waals surface area contributed by atoms with Gasteiger partial charge in [0.25, 0.3) is 5.91 Å². The van der Waals surface area contributed by atoms with Gasteiger partial charge in [0.1, 0.15) is 23.9 Å². The van der Waals surface area contributed by atoms with E-state index in [4.69, 9.17) is 9.26 Å². The van der Waals surface area contributed by atoms with Gasteiger partial charge in [0.2, 0.25) is 0 Å². The minimum absolute atomic E-state index is 0.103. The number of nitrogens with zero attached hydrogens (tertiary/aromatic N) is 1. The fourth-order valence-corrected chi connectivity index (χ4v) is 2.76. The van der Waals surface area contributed by atoms with Crippen LogP contribution in [0.2, 0.25) is 0 Å². The molecule has 0 saturated heterocycles. The molecule has 1 unspecified atom stereocenters. The predicted molar refractivity (Wildman–Crippen MR) is 98.9 cm³/mol. The number of halogens is 1. The molecule has 6 heteroatoms. The van der Waals surface area contributed by atoms with Crippen molar-refractivity contribution in [3.8, 4) is 5.75 Å². The Morgan fingerprint density at radius 2 is 1.89 bits per heavy atom. The Balaban J connectivity index is 1.72. The third kappa shape index (κ3) is 4.53. The molecule has 1 heterocycles. The summed E-state index contributed by atoms with van der Waals surface area (Å²) < 4.78 is 23.8. The zero-order chi connectivity index (χ0) is 19.2. The van der Waals surface area contributed by atoms with Gasteiger partial charge in [0.05, 0.1) is 11.6 Å². The van der Waals surface area contributed by atoms with Gasteiger partial charge >= 0.3 is 0 Å². The number of hydrogen-bond acceptors (Lipinski definition) is 4. The maximum absolute atomic E-state index is 13.0. The van der Waals surface area contributed by atoms with Crippen LogP contribution in [0, 0.1) is 12.7 Å². The summed E-state index contributed by atoms with van der Waals surface area (Å²) in [5, 5.41) is 6.89. The molecule has 27 heavy (non-hydrogen) atoms. The second-order valence-electron chi connectivity index (χ2n) is 6.15. The summed E-state index contributed by atoms with van der Waals surface area (Å²) in [6.45, 7) is 3.83. The van der Waals surface area contributed by atoms with Crippen molar-refractivity contribution in [1.82, 2.24) is 10.5 Å². The van der Waals surface area contributed by atoms with Crippen molar-refractivity contribution in [3.63, 3.8) is 0 Å². The van der Waals surface area contributed by atoms with E-state index in [9.17, 15) is 9.18 Å². The van der Waals surface area contributed by atoms with E-state index < -0.39 is 0 Å². The molecule has 0 fully saturated rings. The van der Waals surface area contributed by atoms with E-state index in [1.807, 2.05) is 37.3 Å². The number of carbonyl (C=O) groups excluding carboxylic acids is 1. The average Bonchev–Trinajstić information content (AvgIpc) is 3.07. The summed E-state index contributed by atoms with van der Waals surface area (Å²) in [4.78, 5) is 12.7. The number of aromatic nitrogens is 1. The number of carbonyl (C=O) groups is 1. The van der Waals surface area contributed by atoms with Crippen LogP contribution in [0.15, 0.2) is 59.1 Å². The van der Waals surface area contributed by atoms with E-state index in [1.165, 1.54) is 24.3 Å². The van der Waals surface area contributed by atoms with Gasteiger partial charge in [-0.25, -0.2) is 4.39 Å². The van der Waals surface area contributed by atoms with Crippen molar-refractivity contribution in [2.45, 2.75) is 32.9 Å². The van der Waals surface area contributed by atoms with E-state index in [2.05, 4.69) is 10.5 Å². The van der Waals surface area contributed by atoms with Gasteiger partial charge in [-0.2, -0.15) is 0 Å². The topological polar surface area (TPSA) is 64.4 Å². The quantitative estimate of drug-likeness (QED) is 0.663. The van der Waals surface area contributed by atoms with E-state index in [1.54, 1.807) is 6.92 Å². The number of rotatable bonds is 7. The van der Waals surface area contributed by atoms with Gasteiger partial charge in [-0.3, -0.25) is 4.79 Å². The normalized spacial score (nSPS) is 11.8. The van der Waals surface area contributed by atoms with E-state index >= 15 is 0 Å². The van der Waals surface area contributed by atoms with Crippen molar-refractivity contribution in [3.05, 3.63) is 83.0 Å². The first-order valence-electron chi connectivity index (χ1n) is 8.77. The van der Waals surface area contributed by atoms with Crippen LogP contribution in [-0.4, -0.2) is 11.1 Å². The lowest BCUT2D eigenvalue weighted by Crippen LogP contribution is -2.29. The van der Waals surface area contributed by atoms with Gasteiger partial charge in [-0.05, 0) is 43.2 Å². The Hall–Kier alpha value is -3.15. The molecule has 0 aliphatic heterocycles. The van der Waals surface area contributed by atoms with Crippen LogP contribution in [0.25, 0.3) is 0 Å². The van der Waals surface area contributed by atoms with E-state index in [-0.39, 0.29) is 30.1 Å². The van der Waals surface area contributed by atoms with Crippen LogP contribution >= 0.6 is 0 Å². The molecule has 0 bridgehead atoms. The molecule has 1 atom stereocenters. The summed E-state index contributed by atoms with van der Waals surface area (Å²) in [6, 6.07) is 15.3. The molecular formula is C21H21FN2O3. The minimum atomic E-state index is -0.338. The van der Waals surface area contributed by atoms with E-state index in [0.29, 0.717) is 17.1 Å². The summed E-state index contributed by atoms with van der Waals surface area (Å²) in [7, 11) is 0. The molecule has 0 spiro atoms. The lowest BCUT2D eigenvalue weighted by molar-refractivity contribution is 0.0924. The molecule has 3 aromatic rings. The number of hydrogen-bond donors (Lipinski definition) is 1. The number of amides is 1. The van der Waals surface area contributed by atoms with Crippen molar-refractivity contribution in [2.24, 2.45) is 0 Å². The minimum Gasteiger partial charge on any atom is -0.489 e. The van der Waals surface area contributed by atoms with Crippen molar-refractivity contribution >= 4 is 5.91 Å². The molecular weight excluding hydrogens is 347 g/mol. The SMILES string of the molecule is CCC(NC(=O)c1noc(C)c1COc1ccc(F)cc1)c1ccccc1. The molecule has 1 amide bonds. The first-order valence-corrected chi connectivity index (χ1v) is 8.77. The summed E-state index contributed by atoms with van der Waals surface area (Å²) >= 11 is 0. The zero-order valence-corrected chi connectivity index (χ0v) is 15.2. The highest BCUT2D eigenvalue weighted by molar-refractivity contribution is 5.94. The maximum Gasteiger partial charge on any atom is 0.274 e. The lowest BCUT2D eigenvalue weighted by atomic mass is 10.0. The first kappa shape index (κ1) is 18.6. The highest BCUT2D eigenvalue weighted by Crippen LogP contribution is 2.21. The second kappa shape index (κ2) is 8.49. The molecule has 0 aliphatic carbocycles. The Kier molecular flexibility index (Phi) is 5.86. The van der Waals surface area contributed by atoms with Crippen LogP contribution in [0.3, 0.4) is 0 Å². The van der Waals surface area contributed by atoms with Crippen LogP contribution < -0.4 is 10.1 Å². The third-order valence-corrected chi connectivity index (χ3v) is 4.31. The molecule has 0 saturated carbocycles.